The van der Waals surface area contributed by atoms with Crippen molar-refractivity contribution in [2.24, 2.45) is 0 Å². The van der Waals surface area contributed by atoms with Crippen LogP contribution in [-0.2, 0) is 9.53 Å². The van der Waals surface area contributed by atoms with E-state index in [4.69, 9.17) is 21.4 Å². The number of ether oxygens (including phenoxy) is 1. The van der Waals surface area contributed by atoms with Gasteiger partial charge in [-0.25, -0.2) is 4.79 Å². The molecular formula is C14H19ClN2O4. The highest BCUT2D eigenvalue weighted by molar-refractivity contribution is 6.30. The number of methoxy groups -OCH3 is 1. The molecule has 0 aromatic heterocycles. The van der Waals surface area contributed by atoms with Crippen LogP contribution in [0.1, 0.15) is 24.5 Å². The highest BCUT2D eigenvalue weighted by Gasteiger charge is 2.11. The molecule has 2 amide bonds. The normalized spacial score (nSPS) is 11.7. The Balaban J connectivity index is 2.32. The molecule has 0 spiro atoms. The van der Waals surface area contributed by atoms with Crippen LogP contribution in [0.3, 0.4) is 0 Å². The van der Waals surface area contributed by atoms with Gasteiger partial charge in [0, 0.05) is 31.6 Å². The minimum Gasteiger partial charge on any atom is -0.481 e. The first-order chi connectivity index (χ1) is 10.0. The van der Waals surface area contributed by atoms with E-state index < -0.39 is 5.97 Å². The number of carbonyl (C=O) groups excluding carboxylic acids is 1. The first-order valence-electron chi connectivity index (χ1n) is 6.54. The van der Waals surface area contributed by atoms with E-state index in [-0.39, 0.29) is 18.6 Å². The molecular weight excluding hydrogens is 296 g/mol. The monoisotopic (exact) mass is 314 g/mol. The number of halogens is 1. The molecule has 0 aliphatic rings. The molecule has 0 saturated carbocycles. The number of benzene rings is 1. The number of carbonyl (C=O) groups is 2. The maximum Gasteiger partial charge on any atom is 0.314 e. The molecule has 0 heterocycles. The Morgan fingerprint density at radius 2 is 1.95 bits per heavy atom. The van der Waals surface area contributed by atoms with E-state index in [2.05, 4.69) is 10.6 Å². The smallest absolute Gasteiger partial charge is 0.314 e. The van der Waals surface area contributed by atoms with Gasteiger partial charge in [-0.2, -0.15) is 0 Å². The Bertz CT molecular complexity index is 465. The number of rotatable bonds is 8. The standard InChI is InChI=1S/C14H19ClN2O4/c1-21-12(10-4-6-11(15)7-5-10)9-17-14(20)16-8-2-3-13(18)19/h4-7,12H,2-3,8-9H2,1H3,(H,18,19)(H2,16,17,20). The molecule has 21 heavy (non-hydrogen) atoms. The molecule has 0 radical (unpaired) electrons. The second-order valence-corrected chi connectivity index (χ2v) is 4.85. The lowest BCUT2D eigenvalue weighted by molar-refractivity contribution is -0.137. The fourth-order valence-corrected chi connectivity index (χ4v) is 1.83. The Morgan fingerprint density at radius 3 is 2.52 bits per heavy atom. The maximum atomic E-state index is 11.5. The number of nitrogens with one attached hydrogen (secondary N) is 2. The zero-order chi connectivity index (χ0) is 15.7. The fourth-order valence-electron chi connectivity index (χ4n) is 1.70. The summed E-state index contributed by atoms with van der Waals surface area (Å²) in [5.41, 5.74) is 0.910. The van der Waals surface area contributed by atoms with Crippen LogP contribution in [0.15, 0.2) is 24.3 Å². The van der Waals surface area contributed by atoms with Crippen LogP contribution >= 0.6 is 11.6 Å². The molecule has 116 valence electrons. The number of urea groups is 1. The lowest BCUT2D eigenvalue weighted by atomic mass is 10.1. The molecule has 1 unspecified atom stereocenters. The van der Waals surface area contributed by atoms with Crippen molar-refractivity contribution in [1.82, 2.24) is 10.6 Å². The molecule has 7 heteroatoms. The number of carboxylic acids is 1. The van der Waals surface area contributed by atoms with E-state index in [1.807, 2.05) is 12.1 Å². The molecule has 1 atom stereocenters. The van der Waals surface area contributed by atoms with Gasteiger partial charge in [0.15, 0.2) is 0 Å². The van der Waals surface area contributed by atoms with Gasteiger partial charge in [0.25, 0.3) is 0 Å². The van der Waals surface area contributed by atoms with E-state index >= 15 is 0 Å². The Morgan fingerprint density at radius 1 is 1.29 bits per heavy atom. The van der Waals surface area contributed by atoms with Gasteiger partial charge in [0.1, 0.15) is 0 Å². The fraction of sp³-hybridized carbons (Fsp3) is 0.429. The van der Waals surface area contributed by atoms with Gasteiger partial charge in [0.05, 0.1) is 6.10 Å². The minimum atomic E-state index is -0.876. The van der Waals surface area contributed by atoms with Crippen LogP contribution in [0.2, 0.25) is 5.02 Å². The lowest BCUT2D eigenvalue weighted by Gasteiger charge is -2.17. The first kappa shape index (κ1) is 17.3. The van der Waals surface area contributed by atoms with Crippen molar-refractivity contribution >= 4 is 23.6 Å². The van der Waals surface area contributed by atoms with Gasteiger partial charge in [-0.3, -0.25) is 4.79 Å². The summed E-state index contributed by atoms with van der Waals surface area (Å²) in [6, 6.07) is 6.84. The summed E-state index contributed by atoms with van der Waals surface area (Å²) >= 11 is 5.82. The second-order valence-electron chi connectivity index (χ2n) is 4.41. The Kier molecular flexibility index (Phi) is 7.56. The van der Waals surface area contributed by atoms with Crippen molar-refractivity contribution in [3.8, 4) is 0 Å². The molecule has 1 aromatic rings. The molecule has 3 N–H and O–H groups in total. The van der Waals surface area contributed by atoms with Crippen molar-refractivity contribution < 1.29 is 19.4 Å². The number of hydrogen-bond acceptors (Lipinski definition) is 3. The van der Waals surface area contributed by atoms with E-state index in [1.165, 1.54) is 0 Å². The molecule has 0 fully saturated rings. The molecule has 0 saturated heterocycles. The summed E-state index contributed by atoms with van der Waals surface area (Å²) in [5, 5.41) is 14.4. The largest absolute Gasteiger partial charge is 0.481 e. The number of aliphatic carboxylic acids is 1. The van der Waals surface area contributed by atoms with E-state index in [0.29, 0.717) is 24.5 Å². The van der Waals surface area contributed by atoms with Crippen LogP contribution in [0.5, 0.6) is 0 Å². The Hall–Kier alpha value is -1.79. The summed E-state index contributed by atoms with van der Waals surface area (Å²) in [4.78, 5) is 21.9. The van der Waals surface area contributed by atoms with Crippen molar-refractivity contribution in [2.45, 2.75) is 18.9 Å². The van der Waals surface area contributed by atoms with Gasteiger partial charge in [-0.1, -0.05) is 23.7 Å². The van der Waals surface area contributed by atoms with Crippen LogP contribution in [-0.4, -0.2) is 37.3 Å². The molecule has 0 aliphatic carbocycles. The van der Waals surface area contributed by atoms with E-state index in [1.54, 1.807) is 19.2 Å². The van der Waals surface area contributed by atoms with Gasteiger partial charge in [-0.15, -0.1) is 0 Å². The maximum absolute atomic E-state index is 11.5. The van der Waals surface area contributed by atoms with Crippen molar-refractivity contribution in [1.29, 1.82) is 0 Å². The summed E-state index contributed by atoms with van der Waals surface area (Å²) in [7, 11) is 1.56. The van der Waals surface area contributed by atoms with Crippen LogP contribution < -0.4 is 10.6 Å². The third-order valence-electron chi connectivity index (χ3n) is 2.83. The quantitative estimate of drug-likeness (QED) is 0.642. The van der Waals surface area contributed by atoms with Crippen LogP contribution in [0.25, 0.3) is 0 Å². The SMILES string of the molecule is COC(CNC(=O)NCCCC(=O)O)c1ccc(Cl)cc1. The topological polar surface area (TPSA) is 87.7 Å². The highest BCUT2D eigenvalue weighted by atomic mass is 35.5. The zero-order valence-corrected chi connectivity index (χ0v) is 12.5. The van der Waals surface area contributed by atoms with Gasteiger partial charge < -0.3 is 20.5 Å². The third kappa shape index (κ3) is 6.97. The predicted molar refractivity (Wildman–Crippen MR) is 79.5 cm³/mol. The second kappa shape index (κ2) is 9.20. The highest BCUT2D eigenvalue weighted by Crippen LogP contribution is 2.18. The lowest BCUT2D eigenvalue weighted by Crippen LogP contribution is -2.38. The molecule has 1 rings (SSSR count). The molecule has 0 bridgehead atoms. The van der Waals surface area contributed by atoms with E-state index in [9.17, 15) is 9.59 Å². The van der Waals surface area contributed by atoms with Gasteiger partial charge >= 0.3 is 12.0 Å². The molecule has 1 aromatic carbocycles. The minimum absolute atomic E-state index is 0.0335. The number of carboxylic acid groups (broad SMARTS) is 1. The number of hydrogen-bond donors (Lipinski definition) is 3. The number of amides is 2. The van der Waals surface area contributed by atoms with Crippen LogP contribution in [0.4, 0.5) is 4.79 Å². The molecule has 0 aliphatic heterocycles. The van der Waals surface area contributed by atoms with E-state index in [0.717, 1.165) is 5.56 Å². The van der Waals surface area contributed by atoms with Crippen LogP contribution in [0, 0.1) is 0 Å². The predicted octanol–water partition coefficient (Wildman–Crippen LogP) is 2.19. The average Bonchev–Trinajstić information content (AvgIpc) is 2.46. The molecule has 6 nitrogen and oxygen atoms in total. The first-order valence-corrected chi connectivity index (χ1v) is 6.92. The summed E-state index contributed by atoms with van der Waals surface area (Å²) in [5.74, 6) is -0.876. The van der Waals surface area contributed by atoms with Gasteiger partial charge in [-0.05, 0) is 24.1 Å². The third-order valence-corrected chi connectivity index (χ3v) is 3.08. The van der Waals surface area contributed by atoms with Crippen molar-refractivity contribution in [3.05, 3.63) is 34.9 Å². The van der Waals surface area contributed by atoms with Gasteiger partial charge in [0.2, 0.25) is 0 Å². The Labute approximate surface area is 128 Å². The zero-order valence-electron chi connectivity index (χ0n) is 11.8. The summed E-state index contributed by atoms with van der Waals surface area (Å²) in [6.45, 7) is 0.625. The van der Waals surface area contributed by atoms with Crippen molar-refractivity contribution in [2.75, 3.05) is 20.2 Å². The van der Waals surface area contributed by atoms with Crippen molar-refractivity contribution in [3.63, 3.8) is 0 Å². The summed E-state index contributed by atoms with van der Waals surface area (Å²) < 4.78 is 5.32. The summed E-state index contributed by atoms with van der Waals surface area (Å²) in [6.07, 6.45) is 0.159. The average molecular weight is 315 g/mol.